The maximum atomic E-state index is 12.8. The molecule has 2 aromatic carbocycles. The second-order valence-electron chi connectivity index (χ2n) is 7.71. The SMILES string of the molecule is CCc1ccc2[nH]c(=O)c(CN(C[C@H]3CCCO3)C(=S)Nc3ccccc3)cc2c1. The Labute approximate surface area is 182 Å². The molecule has 0 unspecified atom stereocenters. The van der Waals surface area contributed by atoms with Crippen LogP contribution in [0.2, 0.25) is 0 Å². The summed E-state index contributed by atoms with van der Waals surface area (Å²) in [5.74, 6) is 0. The van der Waals surface area contributed by atoms with Crippen molar-refractivity contribution >= 4 is 33.9 Å². The first-order valence-electron chi connectivity index (χ1n) is 10.5. The van der Waals surface area contributed by atoms with Crippen LogP contribution < -0.4 is 10.9 Å². The van der Waals surface area contributed by atoms with Crippen molar-refractivity contribution in [3.8, 4) is 0 Å². The summed E-state index contributed by atoms with van der Waals surface area (Å²) in [5, 5.41) is 4.94. The lowest BCUT2D eigenvalue weighted by atomic mass is 10.1. The highest BCUT2D eigenvalue weighted by molar-refractivity contribution is 7.80. The van der Waals surface area contributed by atoms with Crippen molar-refractivity contribution in [2.75, 3.05) is 18.5 Å². The van der Waals surface area contributed by atoms with Crippen LogP contribution in [0.1, 0.15) is 30.9 Å². The third-order valence-corrected chi connectivity index (χ3v) is 5.88. The molecule has 1 aliphatic heterocycles. The molecule has 156 valence electrons. The van der Waals surface area contributed by atoms with Crippen molar-refractivity contribution in [1.82, 2.24) is 9.88 Å². The first kappa shape index (κ1) is 20.6. The van der Waals surface area contributed by atoms with Crippen LogP contribution in [0.25, 0.3) is 10.9 Å². The number of benzene rings is 2. The average Bonchev–Trinajstić information content (AvgIpc) is 3.27. The summed E-state index contributed by atoms with van der Waals surface area (Å²) in [4.78, 5) is 17.8. The molecule has 30 heavy (non-hydrogen) atoms. The zero-order valence-electron chi connectivity index (χ0n) is 17.2. The van der Waals surface area contributed by atoms with Crippen LogP contribution >= 0.6 is 12.2 Å². The molecule has 1 saturated heterocycles. The maximum Gasteiger partial charge on any atom is 0.253 e. The monoisotopic (exact) mass is 421 g/mol. The molecule has 0 saturated carbocycles. The van der Waals surface area contributed by atoms with Crippen LogP contribution in [0.15, 0.2) is 59.4 Å². The summed E-state index contributed by atoms with van der Waals surface area (Å²) in [7, 11) is 0. The van der Waals surface area contributed by atoms with Gasteiger partial charge in [0.15, 0.2) is 5.11 Å². The van der Waals surface area contributed by atoms with Gasteiger partial charge in [0.25, 0.3) is 5.56 Å². The van der Waals surface area contributed by atoms with Crippen molar-refractivity contribution in [2.45, 2.75) is 38.8 Å². The van der Waals surface area contributed by atoms with Gasteiger partial charge in [-0.05, 0) is 72.8 Å². The maximum absolute atomic E-state index is 12.8. The number of aromatic nitrogens is 1. The van der Waals surface area contributed by atoms with Gasteiger partial charge in [-0.2, -0.15) is 0 Å². The van der Waals surface area contributed by atoms with Crippen LogP contribution in [-0.2, 0) is 17.7 Å². The fraction of sp³-hybridized carbons (Fsp3) is 0.333. The van der Waals surface area contributed by atoms with Crippen molar-refractivity contribution in [1.29, 1.82) is 0 Å². The predicted molar refractivity (Wildman–Crippen MR) is 126 cm³/mol. The van der Waals surface area contributed by atoms with Gasteiger partial charge >= 0.3 is 0 Å². The Morgan fingerprint density at radius 2 is 2.07 bits per heavy atom. The molecule has 1 fully saturated rings. The number of aromatic amines is 1. The zero-order chi connectivity index (χ0) is 20.9. The van der Waals surface area contributed by atoms with Gasteiger partial charge in [-0.15, -0.1) is 0 Å². The Morgan fingerprint density at radius 3 is 2.80 bits per heavy atom. The molecule has 0 bridgehead atoms. The molecule has 6 heteroatoms. The summed E-state index contributed by atoms with van der Waals surface area (Å²) in [5.41, 5.74) is 3.66. The largest absolute Gasteiger partial charge is 0.376 e. The number of nitrogens with one attached hydrogen (secondary N) is 2. The van der Waals surface area contributed by atoms with Crippen LogP contribution in [0.3, 0.4) is 0 Å². The molecule has 1 aromatic heterocycles. The number of rotatable bonds is 6. The molecule has 2 heterocycles. The average molecular weight is 422 g/mol. The van der Waals surface area contributed by atoms with Crippen LogP contribution in [0.4, 0.5) is 5.69 Å². The van der Waals surface area contributed by atoms with Crippen LogP contribution in [0, 0.1) is 0 Å². The van der Waals surface area contributed by atoms with E-state index in [2.05, 4.69) is 29.4 Å². The zero-order valence-corrected chi connectivity index (χ0v) is 18.0. The van der Waals surface area contributed by atoms with E-state index in [9.17, 15) is 4.79 Å². The lowest BCUT2D eigenvalue weighted by Gasteiger charge is -2.28. The number of hydrogen-bond acceptors (Lipinski definition) is 3. The fourth-order valence-electron chi connectivity index (χ4n) is 3.82. The van der Waals surface area contributed by atoms with Gasteiger partial charge in [0.05, 0.1) is 12.6 Å². The Bertz CT molecular complexity index is 1070. The molecule has 0 aliphatic carbocycles. The minimum absolute atomic E-state index is 0.0772. The molecule has 0 spiro atoms. The standard InChI is InChI=1S/C24H27N3O2S/c1-2-17-10-11-22-18(13-17)14-19(23(28)26-22)15-27(16-21-9-6-12-29-21)24(30)25-20-7-4-3-5-8-20/h3-5,7-8,10-11,13-14,21H,2,6,9,12,15-16H2,1H3,(H,25,30)(H,26,28)/t21-/m1/s1. The number of pyridine rings is 1. The lowest BCUT2D eigenvalue weighted by Crippen LogP contribution is -2.40. The number of ether oxygens (including phenoxy) is 1. The molecule has 4 rings (SSSR count). The van der Waals surface area contributed by atoms with Gasteiger partial charge in [0.1, 0.15) is 0 Å². The normalized spacial score (nSPS) is 16.0. The summed E-state index contributed by atoms with van der Waals surface area (Å²) >= 11 is 5.72. The van der Waals surface area contributed by atoms with Crippen LogP contribution in [-0.4, -0.2) is 34.3 Å². The molecular weight excluding hydrogens is 394 g/mol. The van der Waals surface area contributed by atoms with E-state index < -0.39 is 0 Å². The van der Waals surface area contributed by atoms with E-state index in [0.29, 0.717) is 23.8 Å². The number of para-hydroxylation sites is 1. The van der Waals surface area contributed by atoms with Crippen molar-refractivity contribution in [3.05, 3.63) is 76.1 Å². The molecule has 0 amide bonds. The number of fused-ring (bicyclic) bond motifs is 1. The van der Waals surface area contributed by atoms with E-state index in [0.717, 1.165) is 42.5 Å². The Kier molecular flexibility index (Phi) is 6.45. The van der Waals surface area contributed by atoms with E-state index >= 15 is 0 Å². The fourth-order valence-corrected chi connectivity index (χ4v) is 4.08. The summed E-state index contributed by atoms with van der Waals surface area (Å²) < 4.78 is 5.84. The first-order chi connectivity index (χ1) is 14.6. The van der Waals surface area contributed by atoms with Crippen molar-refractivity contribution < 1.29 is 4.74 Å². The van der Waals surface area contributed by atoms with Crippen LogP contribution in [0.5, 0.6) is 0 Å². The third kappa shape index (κ3) is 4.89. The smallest absolute Gasteiger partial charge is 0.253 e. The molecular formula is C24H27N3O2S. The van der Waals surface area contributed by atoms with E-state index in [-0.39, 0.29) is 11.7 Å². The first-order valence-corrected chi connectivity index (χ1v) is 10.9. The second kappa shape index (κ2) is 9.41. The molecule has 1 aliphatic rings. The quantitative estimate of drug-likeness (QED) is 0.575. The topological polar surface area (TPSA) is 57.4 Å². The highest BCUT2D eigenvalue weighted by atomic mass is 32.1. The highest BCUT2D eigenvalue weighted by Crippen LogP contribution is 2.18. The second-order valence-corrected chi connectivity index (χ2v) is 8.10. The minimum Gasteiger partial charge on any atom is -0.376 e. The third-order valence-electron chi connectivity index (χ3n) is 5.52. The van der Waals surface area contributed by atoms with E-state index in [1.165, 1.54) is 5.56 Å². The Hall–Kier alpha value is -2.70. The summed E-state index contributed by atoms with van der Waals surface area (Å²) in [6, 6.07) is 18.0. The number of thiocarbonyl (C=S) groups is 1. The molecule has 3 aromatic rings. The van der Waals surface area contributed by atoms with Gasteiger partial charge in [-0.25, -0.2) is 0 Å². The van der Waals surface area contributed by atoms with Gasteiger partial charge in [-0.3, -0.25) is 4.79 Å². The number of anilines is 1. The molecule has 1 atom stereocenters. The molecule has 2 N–H and O–H groups in total. The number of hydrogen-bond donors (Lipinski definition) is 2. The summed E-state index contributed by atoms with van der Waals surface area (Å²) in [6.07, 6.45) is 3.17. The van der Waals surface area contributed by atoms with E-state index in [4.69, 9.17) is 17.0 Å². The Morgan fingerprint density at radius 1 is 1.23 bits per heavy atom. The minimum atomic E-state index is -0.0772. The Balaban J connectivity index is 1.60. The number of nitrogens with zero attached hydrogens (tertiary/aromatic N) is 1. The van der Waals surface area contributed by atoms with Crippen molar-refractivity contribution in [3.63, 3.8) is 0 Å². The van der Waals surface area contributed by atoms with Crippen molar-refractivity contribution in [2.24, 2.45) is 0 Å². The van der Waals surface area contributed by atoms with E-state index in [1.807, 2.05) is 47.4 Å². The number of H-pyrrole nitrogens is 1. The highest BCUT2D eigenvalue weighted by Gasteiger charge is 2.22. The molecule has 5 nitrogen and oxygen atoms in total. The van der Waals surface area contributed by atoms with Gasteiger partial charge in [-0.1, -0.05) is 31.2 Å². The van der Waals surface area contributed by atoms with E-state index in [1.54, 1.807) is 0 Å². The van der Waals surface area contributed by atoms with Gasteiger partial charge in [0, 0.05) is 29.9 Å². The predicted octanol–water partition coefficient (Wildman–Crippen LogP) is 4.47. The van der Waals surface area contributed by atoms with Gasteiger partial charge in [0.2, 0.25) is 0 Å². The molecule has 0 radical (unpaired) electrons. The number of aryl methyl sites for hydroxylation is 1. The summed E-state index contributed by atoms with van der Waals surface area (Å²) in [6.45, 7) is 4.00. The van der Waals surface area contributed by atoms with Gasteiger partial charge < -0.3 is 19.9 Å². The lowest BCUT2D eigenvalue weighted by molar-refractivity contribution is 0.0904.